The van der Waals surface area contributed by atoms with Gasteiger partial charge >= 0.3 is 0 Å². The molecule has 0 atom stereocenters. The Morgan fingerprint density at radius 2 is 1.85 bits per heavy atom. The smallest absolute Gasteiger partial charge is 0.227 e. The van der Waals surface area contributed by atoms with E-state index in [2.05, 4.69) is 15.9 Å². The average Bonchev–Trinajstić information content (AvgIpc) is 2.38. The monoisotopic (exact) mass is 332 g/mol. The summed E-state index contributed by atoms with van der Waals surface area (Å²) in [5.74, 6) is 0.0792. The minimum atomic E-state index is 0.0792. The molecule has 2 aromatic rings. The molecule has 2 rings (SSSR count). The number of hydrogen-bond donors (Lipinski definition) is 1. The molecule has 3 nitrogen and oxygen atoms in total. The van der Waals surface area contributed by atoms with Crippen LogP contribution in [-0.2, 0) is 17.8 Å². The number of nitrogens with two attached hydrogens (primary N) is 1. The minimum Gasteiger partial charge on any atom is -0.399 e. The van der Waals surface area contributed by atoms with Crippen LogP contribution in [0, 0.1) is 0 Å². The molecule has 0 spiro atoms. The van der Waals surface area contributed by atoms with Gasteiger partial charge in [0.1, 0.15) is 0 Å². The summed E-state index contributed by atoms with van der Waals surface area (Å²) < 4.78 is 1.02. The van der Waals surface area contributed by atoms with Gasteiger partial charge in [0.25, 0.3) is 0 Å². The molecule has 104 valence electrons. The third-order valence-corrected chi connectivity index (χ3v) is 3.53. The predicted molar refractivity (Wildman–Crippen MR) is 85.2 cm³/mol. The highest BCUT2D eigenvalue weighted by Crippen LogP contribution is 2.14. The van der Waals surface area contributed by atoms with Crippen LogP contribution in [0.3, 0.4) is 0 Å². The fraction of sp³-hybridized carbons (Fsp3) is 0.188. The van der Waals surface area contributed by atoms with Crippen molar-refractivity contribution in [2.75, 3.05) is 12.8 Å². The maximum Gasteiger partial charge on any atom is 0.227 e. The molecule has 0 aliphatic rings. The zero-order valence-corrected chi connectivity index (χ0v) is 12.9. The largest absolute Gasteiger partial charge is 0.399 e. The van der Waals surface area contributed by atoms with E-state index in [1.807, 2.05) is 55.6 Å². The summed E-state index contributed by atoms with van der Waals surface area (Å²) in [6, 6.07) is 15.4. The summed E-state index contributed by atoms with van der Waals surface area (Å²) >= 11 is 3.43. The Kier molecular flexibility index (Phi) is 4.79. The Balaban J connectivity index is 1.98. The Bertz CT molecular complexity index is 613. The normalized spacial score (nSPS) is 10.3. The second-order valence-corrected chi connectivity index (χ2v) is 5.72. The molecular weight excluding hydrogens is 316 g/mol. The number of carbonyl (C=O) groups is 1. The fourth-order valence-electron chi connectivity index (χ4n) is 2.01. The quantitative estimate of drug-likeness (QED) is 0.873. The van der Waals surface area contributed by atoms with Gasteiger partial charge in [-0.1, -0.05) is 40.2 Å². The third kappa shape index (κ3) is 4.10. The van der Waals surface area contributed by atoms with Crippen LogP contribution in [0.2, 0.25) is 0 Å². The molecule has 1 amide bonds. The highest BCUT2D eigenvalue weighted by molar-refractivity contribution is 9.10. The van der Waals surface area contributed by atoms with Gasteiger partial charge in [-0.25, -0.2) is 0 Å². The van der Waals surface area contributed by atoms with Crippen LogP contribution < -0.4 is 5.73 Å². The van der Waals surface area contributed by atoms with Crippen molar-refractivity contribution in [2.24, 2.45) is 0 Å². The standard InChI is InChI=1S/C16H17BrN2O/c1-19(11-13-5-2-6-14(17)8-13)16(20)10-12-4-3-7-15(18)9-12/h2-9H,10-11,18H2,1H3. The number of carbonyl (C=O) groups excluding carboxylic acids is 1. The van der Waals surface area contributed by atoms with Crippen LogP contribution in [0.1, 0.15) is 11.1 Å². The molecular formula is C16H17BrN2O. The highest BCUT2D eigenvalue weighted by Gasteiger charge is 2.10. The summed E-state index contributed by atoms with van der Waals surface area (Å²) in [4.78, 5) is 13.9. The van der Waals surface area contributed by atoms with Crippen LogP contribution in [0.15, 0.2) is 53.0 Å². The van der Waals surface area contributed by atoms with E-state index >= 15 is 0 Å². The van der Waals surface area contributed by atoms with Gasteiger partial charge in [-0.2, -0.15) is 0 Å². The zero-order valence-electron chi connectivity index (χ0n) is 11.3. The summed E-state index contributed by atoms with van der Waals surface area (Å²) in [6.07, 6.45) is 0.371. The number of nitrogens with zero attached hydrogens (tertiary/aromatic N) is 1. The Morgan fingerprint density at radius 1 is 1.15 bits per heavy atom. The van der Waals surface area contributed by atoms with Gasteiger partial charge in [0, 0.05) is 23.8 Å². The zero-order chi connectivity index (χ0) is 14.5. The predicted octanol–water partition coefficient (Wildman–Crippen LogP) is 3.23. The van der Waals surface area contributed by atoms with Gasteiger partial charge in [-0.05, 0) is 35.4 Å². The second kappa shape index (κ2) is 6.57. The fourth-order valence-corrected chi connectivity index (χ4v) is 2.46. The topological polar surface area (TPSA) is 46.3 Å². The van der Waals surface area contributed by atoms with Crippen molar-refractivity contribution in [3.63, 3.8) is 0 Å². The lowest BCUT2D eigenvalue weighted by Crippen LogP contribution is -2.27. The summed E-state index contributed by atoms with van der Waals surface area (Å²) in [7, 11) is 1.82. The van der Waals surface area contributed by atoms with Crippen LogP contribution in [0.4, 0.5) is 5.69 Å². The molecule has 0 radical (unpaired) electrons. The molecule has 0 aliphatic carbocycles. The molecule has 0 fully saturated rings. The molecule has 4 heteroatoms. The van der Waals surface area contributed by atoms with E-state index in [0.717, 1.165) is 15.6 Å². The van der Waals surface area contributed by atoms with Crippen LogP contribution in [-0.4, -0.2) is 17.9 Å². The number of halogens is 1. The summed E-state index contributed by atoms with van der Waals surface area (Å²) in [5, 5.41) is 0. The van der Waals surface area contributed by atoms with E-state index in [1.54, 1.807) is 4.90 Å². The molecule has 0 saturated carbocycles. The van der Waals surface area contributed by atoms with Crippen molar-refractivity contribution < 1.29 is 4.79 Å². The van der Waals surface area contributed by atoms with Crippen molar-refractivity contribution in [3.8, 4) is 0 Å². The van der Waals surface area contributed by atoms with Crippen molar-refractivity contribution in [3.05, 3.63) is 64.1 Å². The Hall–Kier alpha value is -1.81. The first-order chi connectivity index (χ1) is 9.54. The first kappa shape index (κ1) is 14.6. The summed E-state index contributed by atoms with van der Waals surface area (Å²) in [6.45, 7) is 0.598. The molecule has 0 bridgehead atoms. The molecule has 0 unspecified atom stereocenters. The molecule has 0 aliphatic heterocycles. The number of hydrogen-bond acceptors (Lipinski definition) is 2. The number of likely N-dealkylation sites (N-methyl/N-ethyl adjacent to an activating group) is 1. The van der Waals surface area contributed by atoms with Crippen LogP contribution in [0.5, 0.6) is 0 Å². The Labute approximate surface area is 127 Å². The van der Waals surface area contributed by atoms with Crippen molar-refractivity contribution >= 4 is 27.5 Å². The lowest BCUT2D eigenvalue weighted by Gasteiger charge is -2.17. The second-order valence-electron chi connectivity index (χ2n) is 4.80. The molecule has 20 heavy (non-hydrogen) atoms. The maximum absolute atomic E-state index is 12.2. The lowest BCUT2D eigenvalue weighted by molar-refractivity contribution is -0.129. The maximum atomic E-state index is 12.2. The molecule has 2 N–H and O–H groups in total. The van der Waals surface area contributed by atoms with E-state index in [1.165, 1.54) is 0 Å². The molecule has 2 aromatic carbocycles. The number of amides is 1. The number of benzene rings is 2. The van der Waals surface area contributed by atoms with Crippen molar-refractivity contribution in [1.29, 1.82) is 0 Å². The average molecular weight is 333 g/mol. The SMILES string of the molecule is CN(Cc1cccc(Br)c1)C(=O)Cc1cccc(N)c1. The van der Waals surface area contributed by atoms with E-state index < -0.39 is 0 Å². The van der Waals surface area contributed by atoms with Gasteiger partial charge in [-0.3, -0.25) is 4.79 Å². The van der Waals surface area contributed by atoms with E-state index in [0.29, 0.717) is 18.7 Å². The van der Waals surface area contributed by atoms with E-state index in [-0.39, 0.29) is 5.91 Å². The van der Waals surface area contributed by atoms with E-state index in [4.69, 9.17) is 5.73 Å². The summed E-state index contributed by atoms with van der Waals surface area (Å²) in [5.41, 5.74) is 8.45. The molecule has 0 aromatic heterocycles. The number of anilines is 1. The minimum absolute atomic E-state index is 0.0792. The number of rotatable bonds is 4. The van der Waals surface area contributed by atoms with Crippen molar-refractivity contribution in [1.82, 2.24) is 4.90 Å². The van der Waals surface area contributed by atoms with Gasteiger partial charge in [0.2, 0.25) is 5.91 Å². The van der Waals surface area contributed by atoms with Gasteiger partial charge in [0.05, 0.1) is 6.42 Å². The van der Waals surface area contributed by atoms with Crippen LogP contribution in [0.25, 0.3) is 0 Å². The first-order valence-electron chi connectivity index (χ1n) is 6.37. The lowest BCUT2D eigenvalue weighted by atomic mass is 10.1. The third-order valence-electron chi connectivity index (χ3n) is 3.04. The van der Waals surface area contributed by atoms with Gasteiger partial charge in [-0.15, -0.1) is 0 Å². The van der Waals surface area contributed by atoms with Gasteiger partial charge < -0.3 is 10.6 Å². The molecule has 0 saturated heterocycles. The molecule has 0 heterocycles. The van der Waals surface area contributed by atoms with E-state index in [9.17, 15) is 4.79 Å². The van der Waals surface area contributed by atoms with Crippen LogP contribution >= 0.6 is 15.9 Å². The number of nitrogen functional groups attached to an aromatic ring is 1. The first-order valence-corrected chi connectivity index (χ1v) is 7.17. The van der Waals surface area contributed by atoms with Crippen molar-refractivity contribution in [2.45, 2.75) is 13.0 Å². The van der Waals surface area contributed by atoms with Gasteiger partial charge in [0.15, 0.2) is 0 Å². The highest BCUT2D eigenvalue weighted by atomic mass is 79.9. The Morgan fingerprint density at radius 3 is 2.55 bits per heavy atom.